The van der Waals surface area contributed by atoms with E-state index in [1.54, 1.807) is 0 Å². The maximum Gasteiger partial charge on any atom is 0.135 e. The first-order chi connectivity index (χ1) is 38.1. The summed E-state index contributed by atoms with van der Waals surface area (Å²) in [7, 11) is 0. The molecule has 0 radical (unpaired) electrons. The zero-order chi connectivity index (χ0) is 50.6. The molecule has 0 aliphatic carbocycles. The third kappa shape index (κ3) is 7.02. The Bertz CT molecular complexity index is 5000. The molecule has 0 saturated heterocycles. The fourth-order valence-corrected chi connectivity index (χ4v) is 12.8. The van der Waals surface area contributed by atoms with Crippen LogP contribution in [-0.4, -0.2) is 0 Å². The van der Waals surface area contributed by atoms with Gasteiger partial charge in [-0.2, -0.15) is 0 Å². The topological polar surface area (TPSA) is 13.1 Å². The van der Waals surface area contributed by atoms with E-state index in [1.807, 2.05) is 6.07 Å². The van der Waals surface area contributed by atoms with Crippen molar-refractivity contribution >= 4 is 97.3 Å². The van der Waals surface area contributed by atoms with Crippen molar-refractivity contribution in [2.45, 2.75) is 0 Å². The summed E-state index contributed by atoms with van der Waals surface area (Å²) in [5, 5.41) is 19.6. The number of para-hydroxylation sites is 1. The first-order valence-corrected chi connectivity index (χ1v) is 26.6. The van der Waals surface area contributed by atoms with Crippen LogP contribution in [0.5, 0.6) is 0 Å². The van der Waals surface area contributed by atoms with Gasteiger partial charge >= 0.3 is 0 Å². The molecule has 16 rings (SSSR count). The van der Waals surface area contributed by atoms with Gasteiger partial charge in [-0.05, 0) is 197 Å². The highest BCUT2D eigenvalue weighted by atomic mass is 16.3. The van der Waals surface area contributed by atoms with Gasteiger partial charge in [-0.25, -0.2) is 0 Å². The van der Waals surface area contributed by atoms with Crippen LogP contribution < -0.4 is 0 Å². The second-order valence-corrected chi connectivity index (χ2v) is 20.7. The Balaban J connectivity index is 0.776. The molecule has 0 amide bonds. The molecule has 0 saturated carbocycles. The summed E-state index contributed by atoms with van der Waals surface area (Å²) < 4.78 is 6.26. The van der Waals surface area contributed by atoms with Crippen molar-refractivity contribution in [2.24, 2.45) is 0 Å². The fourth-order valence-electron chi connectivity index (χ4n) is 12.8. The third-order valence-corrected chi connectivity index (χ3v) is 16.4. The van der Waals surface area contributed by atoms with Crippen molar-refractivity contribution in [3.05, 3.63) is 279 Å². The first-order valence-electron chi connectivity index (χ1n) is 26.6. The molecule has 15 aromatic carbocycles. The van der Waals surface area contributed by atoms with Gasteiger partial charge < -0.3 is 4.42 Å². The second kappa shape index (κ2) is 17.2. The van der Waals surface area contributed by atoms with E-state index in [4.69, 9.17) is 4.42 Å². The van der Waals surface area contributed by atoms with E-state index in [0.29, 0.717) is 0 Å². The van der Waals surface area contributed by atoms with E-state index < -0.39 is 0 Å². The number of rotatable bonds is 6. The lowest BCUT2D eigenvalue weighted by atomic mass is 9.85. The van der Waals surface area contributed by atoms with E-state index in [2.05, 4.69) is 273 Å². The summed E-state index contributed by atoms with van der Waals surface area (Å²) >= 11 is 0. The van der Waals surface area contributed by atoms with Gasteiger partial charge in [-0.3, -0.25) is 0 Å². The van der Waals surface area contributed by atoms with E-state index in [-0.39, 0.29) is 0 Å². The van der Waals surface area contributed by atoms with Gasteiger partial charge in [0.05, 0.1) is 0 Å². The second-order valence-electron chi connectivity index (χ2n) is 20.7. The Morgan fingerprint density at radius 1 is 0.156 bits per heavy atom. The molecule has 1 aromatic heterocycles. The van der Waals surface area contributed by atoms with Gasteiger partial charge in [0.25, 0.3) is 0 Å². The first kappa shape index (κ1) is 43.3. The normalized spacial score (nSPS) is 11.9. The van der Waals surface area contributed by atoms with Crippen molar-refractivity contribution in [1.29, 1.82) is 0 Å². The largest absolute Gasteiger partial charge is 0.456 e. The smallest absolute Gasteiger partial charge is 0.135 e. The van der Waals surface area contributed by atoms with Crippen LogP contribution in [0.4, 0.5) is 0 Å². The molecule has 356 valence electrons. The monoisotopic (exact) mass is 974 g/mol. The Hall–Kier alpha value is -10.1. The van der Waals surface area contributed by atoms with Crippen LogP contribution in [0.25, 0.3) is 164 Å². The van der Waals surface area contributed by atoms with Crippen molar-refractivity contribution in [2.75, 3.05) is 0 Å². The van der Waals surface area contributed by atoms with Crippen LogP contribution in [0.3, 0.4) is 0 Å². The zero-order valence-corrected chi connectivity index (χ0v) is 42.0. The molecule has 0 bridgehead atoms. The quantitative estimate of drug-likeness (QED) is 0.151. The van der Waals surface area contributed by atoms with Crippen molar-refractivity contribution in [1.82, 2.24) is 0 Å². The Morgan fingerprint density at radius 2 is 0.455 bits per heavy atom. The average Bonchev–Trinajstić information content (AvgIpc) is 3.88. The van der Waals surface area contributed by atoms with Crippen LogP contribution in [0.1, 0.15) is 0 Å². The van der Waals surface area contributed by atoms with Crippen LogP contribution in [0.15, 0.2) is 283 Å². The van der Waals surface area contributed by atoms with Crippen LogP contribution in [0.2, 0.25) is 0 Å². The standard InChI is InChI=1S/C76H46O/c1-2-15-50-40-56(36-31-47(50)14-1)74-64-21-5-3-19-62(64)73(63-20-4-6-22-65(63)74)55-17-13-16-51(41-55)52-33-28-48-29-34-53(43-59(48)42-52)54-35-30-49-32-37-57(45-60(49)44-54)75-66-23-7-9-25-68(66)76(69-26-10-8-24-67(69)75)58-38-39-72-70(46-58)61-18-11-12-27-71(61)77-72/h1-46H. The predicted molar refractivity (Wildman–Crippen MR) is 329 cm³/mol. The molecule has 77 heavy (non-hydrogen) atoms. The van der Waals surface area contributed by atoms with Crippen molar-refractivity contribution in [3.8, 4) is 66.8 Å². The molecule has 0 fully saturated rings. The highest BCUT2D eigenvalue weighted by molar-refractivity contribution is 6.24. The molecule has 1 heteroatoms. The summed E-state index contributed by atoms with van der Waals surface area (Å²) in [5.74, 6) is 0. The Morgan fingerprint density at radius 3 is 0.935 bits per heavy atom. The molecule has 0 aliphatic rings. The van der Waals surface area contributed by atoms with Gasteiger partial charge in [0, 0.05) is 10.8 Å². The minimum Gasteiger partial charge on any atom is -0.456 e. The molecule has 0 N–H and O–H groups in total. The lowest BCUT2D eigenvalue weighted by Crippen LogP contribution is -1.91. The zero-order valence-electron chi connectivity index (χ0n) is 42.0. The lowest BCUT2D eigenvalue weighted by molar-refractivity contribution is 0.669. The minimum atomic E-state index is 0.907. The molecule has 1 nitrogen and oxygen atoms in total. The van der Waals surface area contributed by atoms with E-state index in [9.17, 15) is 0 Å². The highest BCUT2D eigenvalue weighted by Crippen LogP contribution is 2.47. The summed E-state index contributed by atoms with van der Waals surface area (Å²) in [6.07, 6.45) is 0. The van der Waals surface area contributed by atoms with Crippen LogP contribution in [0, 0.1) is 0 Å². The number of benzene rings is 15. The van der Waals surface area contributed by atoms with Gasteiger partial charge in [-0.1, -0.05) is 224 Å². The number of hydrogen-bond acceptors (Lipinski definition) is 1. The summed E-state index contributed by atoms with van der Waals surface area (Å²) in [5.41, 5.74) is 16.5. The fraction of sp³-hybridized carbons (Fsp3) is 0. The summed E-state index contributed by atoms with van der Waals surface area (Å²) in [6.45, 7) is 0. The summed E-state index contributed by atoms with van der Waals surface area (Å²) in [4.78, 5) is 0. The highest BCUT2D eigenvalue weighted by Gasteiger charge is 2.20. The van der Waals surface area contributed by atoms with Gasteiger partial charge in [0.15, 0.2) is 0 Å². The Kier molecular flexibility index (Phi) is 9.71. The van der Waals surface area contributed by atoms with Crippen LogP contribution in [-0.2, 0) is 0 Å². The van der Waals surface area contributed by atoms with Crippen molar-refractivity contribution < 1.29 is 4.42 Å². The molecule has 0 aliphatic heterocycles. The number of fused-ring (bicyclic) bond motifs is 10. The van der Waals surface area contributed by atoms with Crippen molar-refractivity contribution in [3.63, 3.8) is 0 Å². The average molecular weight is 975 g/mol. The van der Waals surface area contributed by atoms with Gasteiger partial charge in [-0.15, -0.1) is 0 Å². The van der Waals surface area contributed by atoms with E-state index in [1.165, 1.54) is 142 Å². The van der Waals surface area contributed by atoms with E-state index in [0.717, 1.165) is 21.9 Å². The predicted octanol–water partition coefficient (Wildman–Crippen LogP) is 21.7. The summed E-state index contributed by atoms with van der Waals surface area (Å²) in [6, 6.07) is 103. The number of furan rings is 1. The van der Waals surface area contributed by atoms with Gasteiger partial charge in [0.2, 0.25) is 0 Å². The van der Waals surface area contributed by atoms with Gasteiger partial charge in [0.1, 0.15) is 11.2 Å². The van der Waals surface area contributed by atoms with E-state index >= 15 is 0 Å². The molecule has 0 atom stereocenters. The molecule has 1 heterocycles. The van der Waals surface area contributed by atoms with Crippen LogP contribution >= 0.6 is 0 Å². The Labute approximate surface area is 445 Å². The molecule has 16 aromatic rings. The third-order valence-electron chi connectivity index (χ3n) is 16.4. The molecular formula is C76H46O. The maximum absolute atomic E-state index is 6.26. The lowest BCUT2D eigenvalue weighted by Gasteiger charge is -2.18. The molecule has 0 spiro atoms. The molecule has 0 unspecified atom stereocenters. The maximum atomic E-state index is 6.26. The minimum absolute atomic E-state index is 0.907. The molecular weight excluding hydrogens is 929 g/mol. The number of hydrogen-bond donors (Lipinski definition) is 0. The SMILES string of the molecule is c1cc(-c2ccc3ccc(-c4ccc5ccc(-c6c7ccccc7c(-c7ccc8oc9ccccc9c8c7)c7ccccc67)cc5c4)cc3c2)cc(-c2c3ccccc3c(-c3ccc4ccccc4c3)c3ccccc23)c1.